The van der Waals surface area contributed by atoms with Gasteiger partial charge in [-0.2, -0.15) is 0 Å². The molecule has 2 aromatic carbocycles. The summed E-state index contributed by atoms with van der Waals surface area (Å²) in [4.78, 5) is 29.2. The molecule has 3 aromatic rings. The van der Waals surface area contributed by atoms with Crippen molar-refractivity contribution in [2.45, 2.75) is 51.1 Å². The molecule has 1 aromatic heterocycles. The van der Waals surface area contributed by atoms with Crippen LogP contribution in [0.15, 0.2) is 54.6 Å². The van der Waals surface area contributed by atoms with Crippen LogP contribution >= 0.6 is 0 Å². The van der Waals surface area contributed by atoms with E-state index in [4.69, 9.17) is 5.73 Å². The molecule has 4 rings (SSSR count). The molecule has 5 N–H and O–H groups in total. The van der Waals surface area contributed by atoms with Crippen LogP contribution in [0.25, 0.3) is 10.9 Å². The molecule has 1 aliphatic carbocycles. The van der Waals surface area contributed by atoms with Gasteiger partial charge in [0.25, 0.3) is 0 Å². The number of H-pyrrole nitrogens is 1. The van der Waals surface area contributed by atoms with Crippen molar-refractivity contribution >= 4 is 22.7 Å². The quantitative estimate of drug-likeness (QED) is 0.440. The van der Waals surface area contributed by atoms with Crippen molar-refractivity contribution in [2.24, 2.45) is 11.7 Å². The minimum Gasteiger partial charge on any atom is -0.368 e. The summed E-state index contributed by atoms with van der Waals surface area (Å²) in [6, 6.07) is 17.8. The number of amides is 2. The smallest absolute Gasteiger partial charge is 0.241 e. The molecule has 0 bridgehead atoms. The van der Waals surface area contributed by atoms with E-state index in [1.807, 2.05) is 44.2 Å². The van der Waals surface area contributed by atoms with Gasteiger partial charge in [0.05, 0.1) is 0 Å². The summed E-state index contributed by atoms with van der Waals surface area (Å²) < 4.78 is 0. The molecule has 32 heavy (non-hydrogen) atoms. The van der Waals surface area contributed by atoms with Crippen molar-refractivity contribution < 1.29 is 9.59 Å². The number of nitrogens with one attached hydrogen (secondary N) is 3. The van der Waals surface area contributed by atoms with Crippen molar-refractivity contribution in [3.05, 3.63) is 71.4 Å². The maximum atomic E-state index is 13.7. The number of nitrogens with two attached hydrogens (primary N) is 1. The fourth-order valence-electron chi connectivity index (χ4n) is 4.76. The number of aromatic amines is 1. The van der Waals surface area contributed by atoms with Gasteiger partial charge in [0.15, 0.2) is 0 Å². The number of carbonyl (C=O) groups excluding carboxylic acids is 2. The molecule has 2 atom stereocenters. The van der Waals surface area contributed by atoms with Gasteiger partial charge in [-0.25, -0.2) is 0 Å². The summed E-state index contributed by atoms with van der Waals surface area (Å²) in [7, 11) is 0. The summed E-state index contributed by atoms with van der Waals surface area (Å²) in [5.41, 5.74) is 9.47. The van der Waals surface area contributed by atoms with E-state index in [-0.39, 0.29) is 11.8 Å². The Bertz CT molecular complexity index is 1110. The lowest BCUT2D eigenvalue weighted by Crippen LogP contribution is -2.63. The van der Waals surface area contributed by atoms with Crippen LogP contribution in [0.2, 0.25) is 0 Å². The summed E-state index contributed by atoms with van der Waals surface area (Å²) in [5, 5.41) is 7.70. The maximum absolute atomic E-state index is 13.7. The van der Waals surface area contributed by atoms with Gasteiger partial charge in [-0.1, -0.05) is 62.4 Å². The first-order chi connectivity index (χ1) is 15.4. The van der Waals surface area contributed by atoms with Gasteiger partial charge in [-0.3, -0.25) is 9.59 Å². The van der Waals surface area contributed by atoms with E-state index in [0.29, 0.717) is 19.4 Å². The second-order valence-electron chi connectivity index (χ2n) is 9.15. The van der Waals surface area contributed by atoms with E-state index >= 15 is 0 Å². The van der Waals surface area contributed by atoms with Crippen molar-refractivity contribution in [1.29, 1.82) is 0 Å². The Morgan fingerprint density at radius 2 is 1.81 bits per heavy atom. The van der Waals surface area contributed by atoms with E-state index < -0.39 is 17.5 Å². The van der Waals surface area contributed by atoms with Crippen LogP contribution in [-0.2, 0) is 28.9 Å². The predicted molar refractivity (Wildman–Crippen MR) is 127 cm³/mol. The molecule has 1 heterocycles. The summed E-state index contributed by atoms with van der Waals surface area (Å²) in [5.74, 6) is -0.736. The summed E-state index contributed by atoms with van der Waals surface area (Å²) in [6.45, 7) is 4.45. The number of para-hydroxylation sites is 1. The molecular weight excluding hydrogens is 400 g/mol. The fourth-order valence-corrected chi connectivity index (χ4v) is 4.76. The van der Waals surface area contributed by atoms with E-state index in [2.05, 4.69) is 39.9 Å². The molecule has 0 fully saturated rings. The molecule has 0 radical (unpaired) electrons. The van der Waals surface area contributed by atoms with Gasteiger partial charge in [0, 0.05) is 29.6 Å². The van der Waals surface area contributed by atoms with Gasteiger partial charge in [-0.15, -0.1) is 0 Å². The molecule has 6 heteroatoms. The van der Waals surface area contributed by atoms with Crippen LogP contribution in [0.4, 0.5) is 0 Å². The highest BCUT2D eigenvalue weighted by molar-refractivity contribution is 5.94. The molecule has 6 nitrogen and oxygen atoms in total. The van der Waals surface area contributed by atoms with E-state index in [0.717, 1.165) is 23.7 Å². The van der Waals surface area contributed by atoms with Gasteiger partial charge in [0.1, 0.15) is 11.6 Å². The Morgan fingerprint density at radius 3 is 2.53 bits per heavy atom. The molecule has 0 saturated heterocycles. The molecule has 0 aliphatic heterocycles. The number of hydrogen-bond acceptors (Lipinski definition) is 3. The Labute approximate surface area is 189 Å². The Balaban J connectivity index is 1.62. The highest BCUT2D eigenvalue weighted by atomic mass is 16.2. The highest BCUT2D eigenvalue weighted by Crippen LogP contribution is 2.34. The number of benzene rings is 2. The molecular formula is C26H32N4O2. The van der Waals surface area contributed by atoms with Gasteiger partial charge in [-0.05, 0) is 42.4 Å². The average Bonchev–Trinajstić information content (AvgIpc) is 3.15. The standard InChI is InChI=1S/C26H32N4O2/c1-17(2)23(24(27)31)30-25(32)26(28-15-13-18-8-4-3-5-9-18)14-12-22-20(16-26)19-10-6-7-11-21(19)29-22/h3-11,17,23,28-29H,12-16H2,1-2H3,(H2,27,31)(H,30,32)/t23-,26+/m0/s1. The van der Waals surface area contributed by atoms with Crippen molar-refractivity contribution in [1.82, 2.24) is 15.6 Å². The molecule has 1 aliphatic rings. The van der Waals surface area contributed by atoms with Gasteiger partial charge < -0.3 is 21.4 Å². The minimum absolute atomic E-state index is 0.0786. The zero-order valence-electron chi connectivity index (χ0n) is 18.8. The van der Waals surface area contributed by atoms with Crippen LogP contribution in [0.3, 0.4) is 0 Å². The average molecular weight is 433 g/mol. The van der Waals surface area contributed by atoms with Crippen molar-refractivity contribution in [3.63, 3.8) is 0 Å². The van der Waals surface area contributed by atoms with E-state index in [1.54, 1.807) is 0 Å². The van der Waals surface area contributed by atoms with Gasteiger partial charge in [0.2, 0.25) is 11.8 Å². The van der Waals surface area contributed by atoms with Crippen LogP contribution in [0, 0.1) is 5.92 Å². The first-order valence-corrected chi connectivity index (χ1v) is 11.4. The second kappa shape index (κ2) is 9.17. The number of fused-ring (bicyclic) bond motifs is 3. The van der Waals surface area contributed by atoms with Crippen LogP contribution < -0.4 is 16.4 Å². The normalized spacial score (nSPS) is 19.0. The number of rotatable bonds is 8. The lowest BCUT2D eigenvalue weighted by Gasteiger charge is -2.38. The lowest BCUT2D eigenvalue weighted by molar-refractivity contribution is -0.133. The maximum Gasteiger partial charge on any atom is 0.241 e. The minimum atomic E-state index is -0.796. The number of hydrogen-bond donors (Lipinski definition) is 4. The zero-order chi connectivity index (χ0) is 22.7. The molecule has 0 saturated carbocycles. The van der Waals surface area contributed by atoms with E-state index in [1.165, 1.54) is 16.8 Å². The first kappa shape index (κ1) is 22.1. The zero-order valence-corrected chi connectivity index (χ0v) is 18.8. The summed E-state index contributed by atoms with van der Waals surface area (Å²) in [6.07, 6.45) is 2.80. The van der Waals surface area contributed by atoms with Crippen LogP contribution in [0.1, 0.15) is 37.1 Å². The third kappa shape index (κ3) is 4.41. The highest BCUT2D eigenvalue weighted by Gasteiger charge is 2.43. The number of aromatic nitrogens is 1. The third-order valence-electron chi connectivity index (χ3n) is 6.60. The van der Waals surface area contributed by atoms with Crippen LogP contribution in [-0.4, -0.2) is 34.9 Å². The van der Waals surface area contributed by atoms with Gasteiger partial charge >= 0.3 is 0 Å². The Kier molecular flexibility index (Phi) is 6.33. The second-order valence-corrected chi connectivity index (χ2v) is 9.15. The predicted octanol–water partition coefficient (Wildman–Crippen LogP) is 2.85. The van der Waals surface area contributed by atoms with Crippen molar-refractivity contribution in [3.8, 4) is 0 Å². The number of primary amides is 1. The first-order valence-electron chi connectivity index (χ1n) is 11.4. The largest absolute Gasteiger partial charge is 0.368 e. The van der Waals surface area contributed by atoms with Crippen molar-refractivity contribution in [2.75, 3.05) is 6.54 Å². The molecule has 168 valence electrons. The summed E-state index contributed by atoms with van der Waals surface area (Å²) >= 11 is 0. The van der Waals surface area contributed by atoms with E-state index in [9.17, 15) is 9.59 Å². The Hall–Kier alpha value is -3.12. The topological polar surface area (TPSA) is 100 Å². The monoisotopic (exact) mass is 432 g/mol. The van der Waals surface area contributed by atoms with Crippen LogP contribution in [0.5, 0.6) is 0 Å². The fraction of sp³-hybridized carbons (Fsp3) is 0.385. The number of carbonyl (C=O) groups is 2. The molecule has 0 unspecified atom stereocenters. The lowest BCUT2D eigenvalue weighted by atomic mass is 9.78. The Morgan fingerprint density at radius 1 is 1.09 bits per heavy atom. The third-order valence-corrected chi connectivity index (χ3v) is 6.60. The molecule has 2 amide bonds. The molecule has 0 spiro atoms. The number of aryl methyl sites for hydroxylation is 1. The SMILES string of the molecule is CC(C)[C@H](NC(=O)[C@@]1(NCCc2ccccc2)CCc2[nH]c3ccccc3c2C1)C(N)=O.